The fourth-order valence-corrected chi connectivity index (χ4v) is 1.40. The molecular weight excluding hydrogens is 209 g/mol. The van der Waals surface area contributed by atoms with Crippen LogP contribution in [-0.4, -0.2) is 24.0 Å². The molecule has 1 aromatic rings. The highest BCUT2D eigenvalue weighted by molar-refractivity contribution is 5.89. The summed E-state index contributed by atoms with van der Waals surface area (Å²) in [6.07, 6.45) is 0. The van der Waals surface area contributed by atoms with Crippen molar-refractivity contribution in [2.24, 2.45) is 0 Å². The van der Waals surface area contributed by atoms with E-state index in [0.29, 0.717) is 18.8 Å². The lowest BCUT2D eigenvalue weighted by Crippen LogP contribution is -2.34. The smallest absolute Gasteiger partial charge is 0.321 e. The van der Waals surface area contributed by atoms with Gasteiger partial charge in [-0.15, -0.1) is 0 Å². The molecule has 0 spiro atoms. The monoisotopic (exact) mass is 225 g/mol. The second kappa shape index (κ2) is 5.34. The van der Waals surface area contributed by atoms with Crippen molar-refractivity contribution in [3.8, 4) is 0 Å². The third kappa shape index (κ3) is 3.12. The van der Waals surface area contributed by atoms with Crippen LogP contribution in [0.5, 0.6) is 0 Å². The number of benzene rings is 1. The minimum absolute atomic E-state index is 0.255. The predicted octanol–water partition coefficient (Wildman–Crippen LogP) is 2.28. The number of rotatable bonds is 3. The molecule has 16 heavy (non-hydrogen) atoms. The number of nitrogens with zero attached hydrogens (tertiary/aromatic N) is 1. The van der Waals surface area contributed by atoms with Crippen LogP contribution in [0.3, 0.4) is 0 Å². The molecule has 0 radical (unpaired) electrons. The summed E-state index contributed by atoms with van der Waals surface area (Å²) in [5.74, 6) is -0.463. The second-order valence-corrected chi connectivity index (χ2v) is 3.38. The average molecular weight is 225 g/mol. The van der Waals surface area contributed by atoms with Crippen LogP contribution in [-0.2, 0) is 0 Å². The van der Waals surface area contributed by atoms with E-state index in [4.69, 9.17) is 5.73 Å². The van der Waals surface area contributed by atoms with E-state index in [1.165, 1.54) is 18.2 Å². The summed E-state index contributed by atoms with van der Waals surface area (Å²) in [5.41, 5.74) is 6.13. The number of carbonyl (C=O) groups excluding carboxylic acids is 1. The molecule has 0 heterocycles. The van der Waals surface area contributed by atoms with Gasteiger partial charge in [0.15, 0.2) is 0 Å². The van der Waals surface area contributed by atoms with Gasteiger partial charge in [-0.1, -0.05) is 0 Å². The number of amides is 2. The molecule has 0 atom stereocenters. The molecule has 0 fully saturated rings. The summed E-state index contributed by atoms with van der Waals surface area (Å²) in [6.45, 7) is 4.96. The van der Waals surface area contributed by atoms with Crippen molar-refractivity contribution in [3.05, 3.63) is 24.0 Å². The number of hydrogen-bond donors (Lipinski definition) is 2. The highest BCUT2D eigenvalue weighted by Gasteiger charge is 2.09. The Kier molecular flexibility index (Phi) is 4.10. The maximum absolute atomic E-state index is 13.0. The molecule has 1 aromatic carbocycles. The first-order valence-corrected chi connectivity index (χ1v) is 5.18. The van der Waals surface area contributed by atoms with Crippen LogP contribution in [0, 0.1) is 5.82 Å². The number of urea groups is 1. The zero-order valence-corrected chi connectivity index (χ0v) is 9.46. The van der Waals surface area contributed by atoms with Gasteiger partial charge >= 0.3 is 6.03 Å². The van der Waals surface area contributed by atoms with Crippen molar-refractivity contribution < 1.29 is 9.18 Å². The van der Waals surface area contributed by atoms with E-state index in [0.717, 1.165) is 0 Å². The number of nitrogens with one attached hydrogen (secondary N) is 1. The molecule has 0 aliphatic heterocycles. The molecule has 3 N–H and O–H groups in total. The van der Waals surface area contributed by atoms with Crippen LogP contribution in [0.25, 0.3) is 0 Å². The molecule has 0 bridgehead atoms. The Morgan fingerprint density at radius 2 is 2.00 bits per heavy atom. The molecule has 88 valence electrons. The maximum atomic E-state index is 13.0. The summed E-state index contributed by atoms with van der Waals surface area (Å²) in [4.78, 5) is 13.2. The Balaban J connectivity index is 2.76. The van der Waals surface area contributed by atoms with Gasteiger partial charge in [0.25, 0.3) is 0 Å². The van der Waals surface area contributed by atoms with E-state index in [1.807, 2.05) is 13.8 Å². The van der Waals surface area contributed by atoms with E-state index < -0.39 is 5.82 Å². The number of halogens is 1. The van der Waals surface area contributed by atoms with E-state index in [-0.39, 0.29) is 11.7 Å². The Hall–Kier alpha value is -1.78. The highest BCUT2D eigenvalue weighted by atomic mass is 19.1. The molecule has 0 aliphatic rings. The molecule has 4 nitrogen and oxygen atoms in total. The van der Waals surface area contributed by atoms with Crippen LogP contribution in [0.1, 0.15) is 13.8 Å². The van der Waals surface area contributed by atoms with Crippen LogP contribution in [0.4, 0.5) is 20.6 Å². The molecule has 1 rings (SSSR count). The maximum Gasteiger partial charge on any atom is 0.321 e. The van der Waals surface area contributed by atoms with Crippen LogP contribution in [0.2, 0.25) is 0 Å². The van der Waals surface area contributed by atoms with Gasteiger partial charge in [0, 0.05) is 24.5 Å². The lowest BCUT2D eigenvalue weighted by molar-refractivity contribution is 0.217. The highest BCUT2D eigenvalue weighted by Crippen LogP contribution is 2.15. The zero-order valence-electron chi connectivity index (χ0n) is 9.46. The van der Waals surface area contributed by atoms with Gasteiger partial charge in [0.2, 0.25) is 0 Å². The predicted molar refractivity (Wildman–Crippen MR) is 62.8 cm³/mol. The number of carbonyl (C=O) groups is 1. The van der Waals surface area contributed by atoms with Gasteiger partial charge in [-0.25, -0.2) is 9.18 Å². The third-order valence-electron chi connectivity index (χ3n) is 2.22. The van der Waals surface area contributed by atoms with Crippen molar-refractivity contribution in [1.29, 1.82) is 0 Å². The van der Waals surface area contributed by atoms with E-state index >= 15 is 0 Å². The molecule has 0 aliphatic carbocycles. The molecule has 0 saturated heterocycles. The average Bonchev–Trinajstić information content (AvgIpc) is 2.17. The molecule has 2 amide bonds. The van der Waals surface area contributed by atoms with Gasteiger partial charge in [-0.05, 0) is 32.0 Å². The summed E-state index contributed by atoms with van der Waals surface area (Å²) < 4.78 is 13.0. The number of hydrogen-bond acceptors (Lipinski definition) is 2. The van der Waals surface area contributed by atoms with Gasteiger partial charge in [0.1, 0.15) is 5.82 Å². The van der Waals surface area contributed by atoms with Crippen LogP contribution in [0.15, 0.2) is 18.2 Å². The van der Waals surface area contributed by atoms with E-state index in [2.05, 4.69) is 5.32 Å². The number of nitrogens with two attached hydrogens (primary N) is 1. The fourth-order valence-electron chi connectivity index (χ4n) is 1.40. The summed E-state index contributed by atoms with van der Waals surface area (Å²) in [6, 6.07) is 3.70. The first-order chi connectivity index (χ1) is 7.56. The first-order valence-electron chi connectivity index (χ1n) is 5.18. The van der Waals surface area contributed by atoms with Gasteiger partial charge in [-0.2, -0.15) is 0 Å². The SMILES string of the molecule is CCN(CC)C(=O)Nc1cc(N)cc(F)c1. The fraction of sp³-hybridized carbons (Fsp3) is 0.364. The molecule has 0 aromatic heterocycles. The molecule has 5 heteroatoms. The van der Waals surface area contributed by atoms with Crippen molar-refractivity contribution in [1.82, 2.24) is 4.90 Å². The van der Waals surface area contributed by atoms with Crippen molar-refractivity contribution in [2.45, 2.75) is 13.8 Å². The molecular formula is C11H16FN3O. The standard InChI is InChI=1S/C11H16FN3O/c1-3-15(4-2)11(16)14-10-6-8(12)5-9(13)7-10/h5-7H,3-4,13H2,1-2H3,(H,14,16). The van der Waals surface area contributed by atoms with Crippen molar-refractivity contribution in [3.63, 3.8) is 0 Å². The summed E-state index contributed by atoms with van der Waals surface area (Å²) in [5, 5.41) is 2.59. The Morgan fingerprint density at radius 1 is 1.38 bits per heavy atom. The molecule has 0 unspecified atom stereocenters. The lowest BCUT2D eigenvalue weighted by atomic mass is 10.3. The normalized spacial score (nSPS) is 9.94. The number of nitrogen functional groups attached to an aromatic ring is 1. The Morgan fingerprint density at radius 3 is 2.50 bits per heavy atom. The third-order valence-corrected chi connectivity index (χ3v) is 2.22. The largest absolute Gasteiger partial charge is 0.399 e. The van der Waals surface area contributed by atoms with Crippen molar-refractivity contribution in [2.75, 3.05) is 24.1 Å². The van der Waals surface area contributed by atoms with Crippen LogP contribution < -0.4 is 11.1 Å². The Labute approximate surface area is 94.2 Å². The zero-order chi connectivity index (χ0) is 12.1. The Bertz CT molecular complexity index is 357. The van der Waals surface area contributed by atoms with Crippen LogP contribution >= 0.6 is 0 Å². The lowest BCUT2D eigenvalue weighted by Gasteiger charge is -2.19. The molecule has 0 saturated carbocycles. The summed E-state index contributed by atoms with van der Waals surface area (Å²) in [7, 11) is 0. The van der Waals surface area contributed by atoms with Crippen molar-refractivity contribution >= 4 is 17.4 Å². The van der Waals surface area contributed by atoms with Gasteiger partial charge in [-0.3, -0.25) is 0 Å². The quantitative estimate of drug-likeness (QED) is 0.775. The minimum Gasteiger partial charge on any atom is -0.399 e. The van der Waals surface area contributed by atoms with Gasteiger partial charge < -0.3 is 16.0 Å². The van der Waals surface area contributed by atoms with Gasteiger partial charge in [0.05, 0.1) is 0 Å². The summed E-state index contributed by atoms with van der Waals surface area (Å²) >= 11 is 0. The minimum atomic E-state index is -0.463. The number of anilines is 2. The second-order valence-electron chi connectivity index (χ2n) is 3.38. The van der Waals surface area contributed by atoms with E-state index in [1.54, 1.807) is 4.90 Å². The van der Waals surface area contributed by atoms with E-state index in [9.17, 15) is 9.18 Å². The topological polar surface area (TPSA) is 58.4 Å². The first kappa shape index (κ1) is 12.3.